The molecule has 134 valence electrons. The molecule has 5 heteroatoms. The standard InChI is InChI=1S/C19H30N2O2S/c1-6-15(5)24-16-8-9-17(14(4)11-16)21-19(23)12-20-18(22)10-7-13(2)3/h8-9,11,13,15H,6-7,10,12H2,1-5H3,(H,20,22)(H,21,23). The maximum absolute atomic E-state index is 12.0. The third kappa shape index (κ3) is 7.86. The molecule has 1 atom stereocenters. The smallest absolute Gasteiger partial charge is 0.243 e. The van der Waals surface area contributed by atoms with Crippen molar-refractivity contribution in [1.29, 1.82) is 0 Å². The molecule has 0 aliphatic rings. The second-order valence-electron chi connectivity index (χ2n) is 6.57. The van der Waals surface area contributed by atoms with E-state index in [0.717, 1.165) is 24.1 Å². The molecule has 0 heterocycles. The van der Waals surface area contributed by atoms with Crippen LogP contribution in [0.1, 0.15) is 52.5 Å². The van der Waals surface area contributed by atoms with Gasteiger partial charge >= 0.3 is 0 Å². The van der Waals surface area contributed by atoms with Gasteiger partial charge < -0.3 is 10.6 Å². The first-order chi connectivity index (χ1) is 11.3. The van der Waals surface area contributed by atoms with E-state index in [-0.39, 0.29) is 18.4 Å². The predicted molar refractivity (Wildman–Crippen MR) is 103 cm³/mol. The Labute approximate surface area is 150 Å². The molecule has 4 nitrogen and oxygen atoms in total. The highest BCUT2D eigenvalue weighted by atomic mass is 32.2. The van der Waals surface area contributed by atoms with Gasteiger partial charge in [-0.3, -0.25) is 9.59 Å². The van der Waals surface area contributed by atoms with Crippen LogP contribution in [0.15, 0.2) is 23.1 Å². The first-order valence-electron chi connectivity index (χ1n) is 8.65. The molecule has 2 amide bonds. The molecular weight excluding hydrogens is 320 g/mol. The number of benzene rings is 1. The van der Waals surface area contributed by atoms with E-state index >= 15 is 0 Å². The van der Waals surface area contributed by atoms with Crippen molar-refractivity contribution in [2.24, 2.45) is 5.92 Å². The van der Waals surface area contributed by atoms with Crippen LogP contribution in [-0.4, -0.2) is 23.6 Å². The summed E-state index contributed by atoms with van der Waals surface area (Å²) >= 11 is 1.84. The summed E-state index contributed by atoms with van der Waals surface area (Å²) in [5.41, 5.74) is 1.83. The molecule has 0 saturated heterocycles. The summed E-state index contributed by atoms with van der Waals surface area (Å²) in [4.78, 5) is 24.8. The number of carbonyl (C=O) groups is 2. The van der Waals surface area contributed by atoms with Gasteiger partial charge in [-0.05, 0) is 49.4 Å². The molecule has 24 heavy (non-hydrogen) atoms. The summed E-state index contributed by atoms with van der Waals surface area (Å²) in [7, 11) is 0. The van der Waals surface area contributed by atoms with E-state index in [0.29, 0.717) is 17.6 Å². The van der Waals surface area contributed by atoms with E-state index in [1.54, 1.807) is 0 Å². The second kappa shape index (κ2) is 10.4. The van der Waals surface area contributed by atoms with Crippen LogP contribution < -0.4 is 10.6 Å². The number of aryl methyl sites for hydroxylation is 1. The molecule has 0 radical (unpaired) electrons. The lowest BCUT2D eigenvalue weighted by Gasteiger charge is -2.13. The van der Waals surface area contributed by atoms with Crippen molar-refractivity contribution in [3.8, 4) is 0 Å². The van der Waals surface area contributed by atoms with Gasteiger partial charge in [0, 0.05) is 22.3 Å². The fourth-order valence-corrected chi connectivity index (χ4v) is 3.07. The number of hydrogen-bond acceptors (Lipinski definition) is 3. The number of rotatable bonds is 9. The van der Waals surface area contributed by atoms with Gasteiger partial charge in [-0.15, -0.1) is 11.8 Å². The maximum atomic E-state index is 12.0. The molecule has 1 aromatic rings. The number of nitrogens with one attached hydrogen (secondary N) is 2. The van der Waals surface area contributed by atoms with Crippen LogP contribution >= 0.6 is 11.8 Å². The van der Waals surface area contributed by atoms with E-state index in [1.165, 1.54) is 4.90 Å². The van der Waals surface area contributed by atoms with Crippen LogP contribution in [0.5, 0.6) is 0 Å². The van der Waals surface area contributed by atoms with Crippen molar-refractivity contribution in [2.75, 3.05) is 11.9 Å². The number of carbonyl (C=O) groups excluding carboxylic acids is 2. The molecule has 0 fully saturated rings. The van der Waals surface area contributed by atoms with Gasteiger partial charge in [-0.25, -0.2) is 0 Å². The van der Waals surface area contributed by atoms with Crippen molar-refractivity contribution >= 4 is 29.3 Å². The van der Waals surface area contributed by atoms with Crippen LogP contribution in [-0.2, 0) is 9.59 Å². The van der Waals surface area contributed by atoms with Crippen molar-refractivity contribution in [3.63, 3.8) is 0 Å². The highest BCUT2D eigenvalue weighted by Gasteiger charge is 2.09. The Morgan fingerprint density at radius 1 is 1.17 bits per heavy atom. The Kier molecular flexibility index (Phi) is 8.90. The third-order valence-corrected chi connectivity index (χ3v) is 5.04. The molecule has 0 aliphatic heterocycles. The Hall–Kier alpha value is -1.49. The van der Waals surface area contributed by atoms with Crippen molar-refractivity contribution in [3.05, 3.63) is 23.8 Å². The summed E-state index contributed by atoms with van der Waals surface area (Å²) in [6.07, 6.45) is 2.42. The van der Waals surface area contributed by atoms with Gasteiger partial charge in [-0.1, -0.05) is 27.7 Å². The number of anilines is 1. The number of hydrogen-bond donors (Lipinski definition) is 2. The first-order valence-corrected chi connectivity index (χ1v) is 9.53. The molecule has 0 spiro atoms. The quantitative estimate of drug-likeness (QED) is 0.650. The van der Waals surface area contributed by atoms with Crippen molar-refractivity contribution < 1.29 is 9.59 Å². The van der Waals surface area contributed by atoms with Gasteiger partial charge in [0.2, 0.25) is 11.8 Å². The second-order valence-corrected chi connectivity index (χ2v) is 8.08. The average molecular weight is 351 g/mol. The lowest BCUT2D eigenvalue weighted by atomic mass is 10.1. The number of thioether (sulfide) groups is 1. The Bertz CT molecular complexity index is 558. The van der Waals surface area contributed by atoms with Crippen LogP contribution in [0.3, 0.4) is 0 Å². The fourth-order valence-electron chi connectivity index (χ4n) is 2.05. The zero-order valence-electron chi connectivity index (χ0n) is 15.4. The molecule has 1 rings (SSSR count). The zero-order chi connectivity index (χ0) is 18.1. The van der Waals surface area contributed by atoms with Crippen LogP contribution in [0.4, 0.5) is 5.69 Å². The normalized spacial score (nSPS) is 12.1. The molecule has 2 N–H and O–H groups in total. The topological polar surface area (TPSA) is 58.2 Å². The van der Waals surface area contributed by atoms with E-state index in [1.807, 2.05) is 30.8 Å². The van der Waals surface area contributed by atoms with Crippen molar-refractivity contribution in [2.45, 2.75) is 64.0 Å². The molecular formula is C19H30N2O2S. The molecule has 1 aromatic carbocycles. The Morgan fingerprint density at radius 2 is 1.88 bits per heavy atom. The van der Waals surface area contributed by atoms with Gasteiger partial charge in [0.15, 0.2) is 0 Å². The largest absolute Gasteiger partial charge is 0.347 e. The van der Waals surface area contributed by atoms with E-state index in [4.69, 9.17) is 0 Å². The Balaban J connectivity index is 2.48. The summed E-state index contributed by atoms with van der Waals surface area (Å²) in [5, 5.41) is 6.10. The van der Waals surface area contributed by atoms with Crippen LogP contribution in [0, 0.1) is 12.8 Å². The lowest BCUT2D eigenvalue weighted by molar-refractivity contribution is -0.124. The highest BCUT2D eigenvalue weighted by molar-refractivity contribution is 7.99. The average Bonchev–Trinajstić information content (AvgIpc) is 2.53. The minimum absolute atomic E-state index is 0.0136. The predicted octanol–water partition coefficient (Wildman–Crippen LogP) is 4.38. The maximum Gasteiger partial charge on any atom is 0.243 e. The molecule has 0 saturated carbocycles. The minimum Gasteiger partial charge on any atom is -0.347 e. The highest BCUT2D eigenvalue weighted by Crippen LogP contribution is 2.28. The van der Waals surface area contributed by atoms with Crippen LogP contribution in [0.2, 0.25) is 0 Å². The SMILES string of the molecule is CCC(C)Sc1ccc(NC(=O)CNC(=O)CCC(C)C)c(C)c1. The minimum atomic E-state index is -0.196. The van der Waals surface area contributed by atoms with E-state index in [9.17, 15) is 9.59 Å². The summed E-state index contributed by atoms with van der Waals surface area (Å²) in [6.45, 7) is 10.5. The molecule has 0 aliphatic carbocycles. The molecule has 1 unspecified atom stereocenters. The zero-order valence-corrected chi connectivity index (χ0v) is 16.3. The van der Waals surface area contributed by atoms with E-state index < -0.39 is 0 Å². The van der Waals surface area contributed by atoms with E-state index in [2.05, 4.69) is 44.4 Å². The van der Waals surface area contributed by atoms with Gasteiger partial charge in [-0.2, -0.15) is 0 Å². The third-order valence-electron chi connectivity index (χ3n) is 3.78. The van der Waals surface area contributed by atoms with Crippen LogP contribution in [0.25, 0.3) is 0 Å². The fraction of sp³-hybridized carbons (Fsp3) is 0.579. The van der Waals surface area contributed by atoms with Gasteiger partial charge in [0.25, 0.3) is 0 Å². The lowest BCUT2D eigenvalue weighted by Crippen LogP contribution is -2.33. The summed E-state index contributed by atoms with van der Waals surface area (Å²) in [6, 6.07) is 6.05. The molecule has 0 aromatic heterocycles. The summed E-state index contributed by atoms with van der Waals surface area (Å²) < 4.78 is 0. The van der Waals surface area contributed by atoms with Gasteiger partial charge in [0.05, 0.1) is 6.54 Å². The summed E-state index contributed by atoms with van der Waals surface area (Å²) in [5.74, 6) is 0.216. The first kappa shape index (κ1) is 20.6. The van der Waals surface area contributed by atoms with Gasteiger partial charge in [0.1, 0.15) is 0 Å². The molecule has 0 bridgehead atoms. The monoisotopic (exact) mass is 350 g/mol. The van der Waals surface area contributed by atoms with Crippen molar-refractivity contribution in [1.82, 2.24) is 5.32 Å². The number of amides is 2. The Morgan fingerprint density at radius 3 is 2.46 bits per heavy atom.